The Labute approximate surface area is 180 Å². The summed E-state index contributed by atoms with van der Waals surface area (Å²) in [6, 6.07) is 24.2. The number of nitrogens with zero attached hydrogens (tertiary/aromatic N) is 2. The van der Waals surface area contributed by atoms with E-state index >= 15 is 0 Å². The molecule has 5 nitrogen and oxygen atoms in total. The van der Waals surface area contributed by atoms with E-state index in [4.69, 9.17) is 0 Å². The second kappa shape index (κ2) is 8.39. The average Bonchev–Trinajstić information content (AvgIpc) is 3.07. The molecule has 1 aliphatic rings. The Bertz CT molecular complexity index is 1170. The number of aliphatic imine (C=N–C) groups is 1. The van der Waals surface area contributed by atoms with Gasteiger partial charge >= 0.3 is 0 Å². The Hall–Kier alpha value is -3.64. The second-order valence-corrected chi connectivity index (χ2v) is 7.24. The molecular formula is C24H19N3O2S. The minimum atomic E-state index is -0.224. The number of amidine groups is 1. The van der Waals surface area contributed by atoms with Crippen molar-refractivity contribution in [2.75, 3.05) is 10.2 Å². The van der Waals surface area contributed by atoms with Gasteiger partial charge in [-0.05, 0) is 42.0 Å². The molecule has 0 saturated heterocycles. The molecule has 0 bridgehead atoms. The first-order valence-electron chi connectivity index (χ1n) is 9.39. The Kier molecular flexibility index (Phi) is 5.50. The quantitative estimate of drug-likeness (QED) is 0.478. The van der Waals surface area contributed by atoms with Crippen LogP contribution < -0.4 is 10.2 Å². The van der Waals surface area contributed by atoms with Crippen LogP contribution in [0.25, 0.3) is 6.08 Å². The highest BCUT2D eigenvalue weighted by Crippen LogP contribution is 2.29. The Morgan fingerprint density at radius 2 is 1.63 bits per heavy atom. The molecule has 3 aromatic rings. The molecule has 0 saturated carbocycles. The lowest BCUT2D eigenvalue weighted by atomic mass is 10.1. The van der Waals surface area contributed by atoms with Crippen molar-refractivity contribution in [2.45, 2.75) is 11.8 Å². The van der Waals surface area contributed by atoms with E-state index < -0.39 is 0 Å². The lowest BCUT2D eigenvalue weighted by Gasteiger charge is -2.19. The maximum Gasteiger partial charge on any atom is 0.282 e. The van der Waals surface area contributed by atoms with Crippen LogP contribution in [0.15, 0.2) is 94.4 Å². The third kappa shape index (κ3) is 4.04. The van der Waals surface area contributed by atoms with Gasteiger partial charge in [0.15, 0.2) is 0 Å². The van der Waals surface area contributed by atoms with E-state index in [1.165, 1.54) is 6.92 Å². The van der Waals surface area contributed by atoms with E-state index in [-0.39, 0.29) is 11.8 Å². The predicted molar refractivity (Wildman–Crippen MR) is 123 cm³/mol. The Morgan fingerprint density at radius 3 is 2.30 bits per heavy atom. The number of carbonyl (C=O) groups excluding carboxylic acids is 2. The minimum Gasteiger partial charge on any atom is -0.326 e. The zero-order chi connectivity index (χ0) is 21.1. The highest BCUT2D eigenvalue weighted by atomic mass is 32.1. The summed E-state index contributed by atoms with van der Waals surface area (Å²) in [5.74, 6) is 0.177. The van der Waals surface area contributed by atoms with Crippen molar-refractivity contribution in [2.24, 2.45) is 4.99 Å². The summed E-state index contributed by atoms with van der Waals surface area (Å²) in [4.78, 5) is 31.6. The molecule has 6 heteroatoms. The van der Waals surface area contributed by atoms with Gasteiger partial charge < -0.3 is 5.32 Å². The topological polar surface area (TPSA) is 61.8 Å². The van der Waals surface area contributed by atoms with Crippen molar-refractivity contribution >= 4 is 47.7 Å². The van der Waals surface area contributed by atoms with Crippen LogP contribution in [0.2, 0.25) is 0 Å². The maximum atomic E-state index is 13.3. The number of amides is 2. The van der Waals surface area contributed by atoms with Crippen LogP contribution in [-0.2, 0) is 9.59 Å². The summed E-state index contributed by atoms with van der Waals surface area (Å²) in [5, 5.41) is 2.73. The first kappa shape index (κ1) is 19.7. The SMILES string of the molecule is CC(=O)Nc1ccc(N2C(=O)C(=Cc3ccccc3S)N=C2c2ccccc2)cc1. The number of rotatable bonds is 4. The smallest absolute Gasteiger partial charge is 0.282 e. The average molecular weight is 414 g/mol. The van der Waals surface area contributed by atoms with Gasteiger partial charge in [0, 0.05) is 23.1 Å². The van der Waals surface area contributed by atoms with Gasteiger partial charge in [-0.2, -0.15) is 0 Å². The highest BCUT2D eigenvalue weighted by Gasteiger charge is 2.32. The Morgan fingerprint density at radius 1 is 0.967 bits per heavy atom. The van der Waals surface area contributed by atoms with Gasteiger partial charge in [0.05, 0.1) is 5.69 Å². The summed E-state index contributed by atoms with van der Waals surface area (Å²) < 4.78 is 0. The van der Waals surface area contributed by atoms with Crippen LogP contribution in [0.4, 0.5) is 11.4 Å². The van der Waals surface area contributed by atoms with E-state index in [1.807, 2.05) is 54.6 Å². The summed E-state index contributed by atoms with van der Waals surface area (Å²) in [5.41, 5.74) is 3.32. The van der Waals surface area contributed by atoms with Gasteiger partial charge in [-0.3, -0.25) is 14.5 Å². The molecule has 0 radical (unpaired) electrons. The lowest BCUT2D eigenvalue weighted by Crippen LogP contribution is -2.32. The van der Waals surface area contributed by atoms with Crippen LogP contribution in [-0.4, -0.2) is 17.6 Å². The number of hydrogen-bond acceptors (Lipinski definition) is 4. The second-order valence-electron chi connectivity index (χ2n) is 6.76. The zero-order valence-electron chi connectivity index (χ0n) is 16.2. The molecule has 148 valence electrons. The molecule has 0 atom stereocenters. The van der Waals surface area contributed by atoms with Crippen molar-refractivity contribution in [3.63, 3.8) is 0 Å². The van der Waals surface area contributed by atoms with Crippen molar-refractivity contribution in [3.05, 3.63) is 95.7 Å². The summed E-state index contributed by atoms with van der Waals surface area (Å²) in [7, 11) is 0. The molecule has 3 aromatic carbocycles. The number of hydrogen-bond donors (Lipinski definition) is 2. The molecule has 1 heterocycles. The molecule has 0 fully saturated rings. The first-order valence-corrected chi connectivity index (χ1v) is 9.83. The van der Waals surface area contributed by atoms with E-state index in [0.29, 0.717) is 22.9 Å². The standard InChI is InChI=1S/C24H19N3O2S/c1-16(28)25-19-11-13-20(14-12-19)27-23(17-7-3-2-4-8-17)26-21(24(27)29)15-18-9-5-6-10-22(18)30/h2-15,30H,1H3,(H,25,28). The molecule has 1 N–H and O–H groups in total. The predicted octanol–water partition coefficient (Wildman–Crippen LogP) is 4.77. The van der Waals surface area contributed by atoms with Gasteiger partial charge in [-0.1, -0.05) is 48.5 Å². The van der Waals surface area contributed by atoms with E-state index in [1.54, 1.807) is 35.2 Å². The van der Waals surface area contributed by atoms with Gasteiger partial charge in [0.25, 0.3) is 5.91 Å². The van der Waals surface area contributed by atoms with Crippen LogP contribution in [0.1, 0.15) is 18.1 Å². The summed E-state index contributed by atoms with van der Waals surface area (Å²) in [6.07, 6.45) is 1.75. The largest absolute Gasteiger partial charge is 0.326 e. The van der Waals surface area contributed by atoms with Gasteiger partial charge in [0.1, 0.15) is 11.5 Å². The van der Waals surface area contributed by atoms with Crippen LogP contribution >= 0.6 is 12.6 Å². The number of benzene rings is 3. The van der Waals surface area contributed by atoms with E-state index in [0.717, 1.165) is 16.0 Å². The van der Waals surface area contributed by atoms with Crippen molar-refractivity contribution in [1.82, 2.24) is 0 Å². The first-order chi connectivity index (χ1) is 14.5. The monoisotopic (exact) mass is 413 g/mol. The number of carbonyl (C=O) groups is 2. The number of anilines is 2. The van der Waals surface area contributed by atoms with E-state index in [2.05, 4.69) is 22.9 Å². The summed E-state index contributed by atoms with van der Waals surface area (Å²) in [6.45, 7) is 1.45. The lowest BCUT2D eigenvalue weighted by molar-refractivity contribution is -0.114. The minimum absolute atomic E-state index is 0.151. The molecular weight excluding hydrogens is 394 g/mol. The van der Waals surface area contributed by atoms with Gasteiger partial charge in [0.2, 0.25) is 5.91 Å². The zero-order valence-corrected chi connectivity index (χ0v) is 17.1. The van der Waals surface area contributed by atoms with Crippen LogP contribution in [0.5, 0.6) is 0 Å². The molecule has 0 spiro atoms. The highest BCUT2D eigenvalue weighted by molar-refractivity contribution is 7.80. The van der Waals surface area contributed by atoms with Gasteiger partial charge in [-0.15, -0.1) is 12.6 Å². The molecule has 2 amide bonds. The van der Waals surface area contributed by atoms with Crippen molar-refractivity contribution < 1.29 is 9.59 Å². The molecule has 30 heavy (non-hydrogen) atoms. The molecule has 0 aliphatic carbocycles. The normalized spacial score (nSPS) is 14.7. The summed E-state index contributed by atoms with van der Waals surface area (Å²) >= 11 is 4.47. The van der Waals surface area contributed by atoms with E-state index in [9.17, 15) is 9.59 Å². The fourth-order valence-corrected chi connectivity index (χ4v) is 3.42. The van der Waals surface area contributed by atoms with Crippen LogP contribution in [0.3, 0.4) is 0 Å². The third-order valence-electron chi connectivity index (χ3n) is 4.57. The molecule has 1 aliphatic heterocycles. The molecule has 0 unspecified atom stereocenters. The Balaban J connectivity index is 1.77. The fraction of sp³-hybridized carbons (Fsp3) is 0.0417. The van der Waals surface area contributed by atoms with Crippen LogP contribution in [0, 0.1) is 0 Å². The number of nitrogens with one attached hydrogen (secondary N) is 1. The molecule has 0 aromatic heterocycles. The maximum absolute atomic E-state index is 13.3. The van der Waals surface area contributed by atoms with Crippen molar-refractivity contribution in [1.29, 1.82) is 0 Å². The third-order valence-corrected chi connectivity index (χ3v) is 4.97. The number of thiol groups is 1. The van der Waals surface area contributed by atoms with Crippen molar-refractivity contribution in [3.8, 4) is 0 Å². The van der Waals surface area contributed by atoms with Gasteiger partial charge in [-0.25, -0.2) is 4.99 Å². The fourth-order valence-electron chi connectivity index (χ4n) is 3.19. The molecule has 4 rings (SSSR count).